The average molecular weight is 509 g/mol. The lowest BCUT2D eigenvalue weighted by molar-refractivity contribution is -0.253. The lowest BCUT2D eigenvalue weighted by Gasteiger charge is -2.35. The fourth-order valence-corrected chi connectivity index (χ4v) is 3.53. The monoisotopic (exact) mass is 508 g/mol. The highest BCUT2D eigenvalue weighted by Gasteiger charge is 2.44. The van der Waals surface area contributed by atoms with Gasteiger partial charge in [0.2, 0.25) is 0 Å². The second kappa shape index (κ2) is 11.2. The van der Waals surface area contributed by atoms with Crippen LogP contribution in [0.2, 0.25) is 5.02 Å². The third kappa shape index (κ3) is 6.51. The SMILES string of the molecule is C=CCOC(=O)N[C@](Cc1ccccc1)(c1cccc(OC(F)(F)C(F)F)c1)c1ccc(Cl)cn1. The van der Waals surface area contributed by atoms with E-state index in [4.69, 9.17) is 16.3 Å². The Morgan fingerprint density at radius 2 is 1.86 bits per heavy atom. The van der Waals surface area contributed by atoms with Crippen molar-refractivity contribution in [2.75, 3.05) is 6.61 Å². The molecule has 0 saturated carbocycles. The molecule has 0 aliphatic rings. The van der Waals surface area contributed by atoms with E-state index < -0.39 is 29.9 Å². The zero-order valence-corrected chi connectivity index (χ0v) is 19.0. The van der Waals surface area contributed by atoms with Crippen LogP contribution < -0.4 is 10.1 Å². The molecule has 1 aromatic heterocycles. The number of aromatic nitrogens is 1. The summed E-state index contributed by atoms with van der Waals surface area (Å²) in [7, 11) is 0. The normalized spacial score (nSPS) is 13.1. The van der Waals surface area contributed by atoms with Crippen molar-refractivity contribution in [3.8, 4) is 5.75 Å². The summed E-state index contributed by atoms with van der Waals surface area (Å²) in [6.07, 6.45) is -6.76. The number of hydrogen-bond acceptors (Lipinski definition) is 4. The lowest BCUT2D eigenvalue weighted by atomic mass is 9.80. The second-order valence-electron chi connectivity index (χ2n) is 7.43. The fraction of sp³-hybridized carbons (Fsp3) is 0.200. The summed E-state index contributed by atoms with van der Waals surface area (Å²) < 4.78 is 62.1. The summed E-state index contributed by atoms with van der Waals surface area (Å²) in [5, 5.41) is 3.10. The number of ether oxygens (including phenoxy) is 2. The van der Waals surface area contributed by atoms with Crippen LogP contribution in [-0.2, 0) is 16.7 Å². The largest absolute Gasteiger partial charge is 0.461 e. The average Bonchev–Trinajstić information content (AvgIpc) is 2.83. The van der Waals surface area contributed by atoms with Gasteiger partial charge in [-0.25, -0.2) is 4.79 Å². The van der Waals surface area contributed by atoms with Crippen LogP contribution in [0.1, 0.15) is 16.8 Å². The number of alkyl carbamates (subject to hydrolysis) is 1. The predicted molar refractivity (Wildman–Crippen MR) is 123 cm³/mol. The van der Waals surface area contributed by atoms with Gasteiger partial charge in [0.05, 0.1) is 10.7 Å². The Hall–Kier alpha value is -3.59. The maximum Gasteiger partial charge on any atom is 0.461 e. The van der Waals surface area contributed by atoms with E-state index in [9.17, 15) is 22.4 Å². The van der Waals surface area contributed by atoms with Gasteiger partial charge < -0.3 is 14.8 Å². The van der Waals surface area contributed by atoms with Crippen LogP contribution in [-0.4, -0.2) is 30.2 Å². The third-order valence-corrected chi connectivity index (χ3v) is 5.18. The molecule has 3 aromatic rings. The Labute approximate surface area is 204 Å². The molecule has 5 nitrogen and oxygen atoms in total. The molecule has 35 heavy (non-hydrogen) atoms. The first kappa shape index (κ1) is 26.0. The van der Waals surface area contributed by atoms with Gasteiger partial charge in [-0.15, -0.1) is 0 Å². The minimum atomic E-state index is -4.71. The maximum atomic E-state index is 13.6. The summed E-state index contributed by atoms with van der Waals surface area (Å²) in [6.45, 7) is 3.41. The maximum absolute atomic E-state index is 13.6. The summed E-state index contributed by atoms with van der Waals surface area (Å²) in [5.41, 5.74) is -0.213. The van der Waals surface area contributed by atoms with Crippen molar-refractivity contribution in [3.63, 3.8) is 0 Å². The molecule has 0 unspecified atom stereocenters. The summed E-state index contributed by atoms with van der Waals surface area (Å²) in [4.78, 5) is 17.1. The molecule has 0 aliphatic carbocycles. The van der Waals surface area contributed by atoms with Gasteiger partial charge in [0.15, 0.2) is 0 Å². The van der Waals surface area contributed by atoms with Gasteiger partial charge in [-0.2, -0.15) is 17.6 Å². The smallest absolute Gasteiger partial charge is 0.445 e. The standard InChI is InChI=1S/C25H21ClF4N2O3/c1-2-13-34-23(33)32-24(15-17-7-4-3-5-8-17,21-12-11-19(26)16-31-21)18-9-6-10-20(14-18)35-25(29,30)22(27)28/h2-12,14,16,22H,1,13,15H2,(H,32,33)/t24-/m1/s1. The van der Waals surface area contributed by atoms with E-state index in [0.29, 0.717) is 10.7 Å². The van der Waals surface area contributed by atoms with Crippen molar-refractivity contribution in [1.29, 1.82) is 0 Å². The molecular formula is C25H21ClF4N2O3. The van der Waals surface area contributed by atoms with Gasteiger partial charge in [0, 0.05) is 12.6 Å². The predicted octanol–water partition coefficient (Wildman–Crippen LogP) is 6.37. The molecule has 2 aromatic carbocycles. The fourth-order valence-electron chi connectivity index (χ4n) is 3.42. The Balaban J connectivity index is 2.18. The van der Waals surface area contributed by atoms with E-state index in [1.54, 1.807) is 42.5 Å². The van der Waals surface area contributed by atoms with Gasteiger partial charge >= 0.3 is 18.6 Å². The van der Waals surface area contributed by atoms with E-state index in [2.05, 4.69) is 21.6 Å². The Kier molecular flexibility index (Phi) is 8.34. The van der Waals surface area contributed by atoms with Crippen molar-refractivity contribution in [3.05, 3.63) is 107 Å². The van der Waals surface area contributed by atoms with Crippen LogP contribution in [0.4, 0.5) is 22.4 Å². The highest BCUT2D eigenvalue weighted by atomic mass is 35.5. The van der Waals surface area contributed by atoms with E-state index in [1.807, 2.05) is 0 Å². The molecule has 1 heterocycles. The minimum Gasteiger partial charge on any atom is -0.445 e. The van der Waals surface area contributed by atoms with Crippen LogP contribution in [0, 0.1) is 0 Å². The number of alkyl halides is 4. The van der Waals surface area contributed by atoms with Gasteiger partial charge in [-0.3, -0.25) is 4.98 Å². The molecule has 0 radical (unpaired) electrons. The molecule has 1 atom stereocenters. The number of benzene rings is 2. The zero-order valence-electron chi connectivity index (χ0n) is 18.3. The first-order valence-electron chi connectivity index (χ1n) is 10.3. The Morgan fingerprint density at radius 1 is 1.11 bits per heavy atom. The number of halogens is 5. The molecule has 184 valence electrons. The molecule has 0 spiro atoms. The van der Waals surface area contributed by atoms with Crippen LogP contribution in [0.3, 0.4) is 0 Å². The van der Waals surface area contributed by atoms with Crippen molar-refractivity contribution < 1.29 is 31.8 Å². The summed E-state index contributed by atoms with van der Waals surface area (Å²) in [5.74, 6) is -0.527. The molecule has 3 rings (SSSR count). The van der Waals surface area contributed by atoms with Gasteiger partial charge in [0.25, 0.3) is 0 Å². The topological polar surface area (TPSA) is 60.5 Å². The van der Waals surface area contributed by atoms with E-state index in [1.165, 1.54) is 24.4 Å². The highest BCUT2D eigenvalue weighted by molar-refractivity contribution is 6.30. The first-order chi connectivity index (χ1) is 16.7. The molecule has 10 heteroatoms. The number of carbonyl (C=O) groups is 1. The minimum absolute atomic E-state index is 0.0922. The van der Waals surface area contributed by atoms with Crippen molar-refractivity contribution in [2.45, 2.75) is 24.5 Å². The van der Waals surface area contributed by atoms with Gasteiger partial charge in [0.1, 0.15) is 17.9 Å². The Morgan fingerprint density at radius 3 is 2.49 bits per heavy atom. The quantitative estimate of drug-likeness (QED) is 0.255. The van der Waals surface area contributed by atoms with Gasteiger partial charge in [-0.1, -0.05) is 66.7 Å². The third-order valence-electron chi connectivity index (χ3n) is 4.96. The van der Waals surface area contributed by atoms with Crippen molar-refractivity contribution in [1.82, 2.24) is 10.3 Å². The number of hydrogen-bond donors (Lipinski definition) is 1. The number of carbonyl (C=O) groups excluding carboxylic acids is 1. The van der Waals surface area contributed by atoms with E-state index >= 15 is 0 Å². The van der Waals surface area contributed by atoms with Crippen molar-refractivity contribution >= 4 is 17.7 Å². The molecule has 0 bridgehead atoms. The van der Waals surface area contributed by atoms with Crippen LogP contribution >= 0.6 is 11.6 Å². The lowest BCUT2D eigenvalue weighted by Crippen LogP contribution is -2.49. The van der Waals surface area contributed by atoms with Crippen LogP contribution in [0.25, 0.3) is 0 Å². The van der Waals surface area contributed by atoms with E-state index in [-0.39, 0.29) is 18.6 Å². The number of rotatable bonds is 10. The number of pyridine rings is 1. The summed E-state index contributed by atoms with van der Waals surface area (Å²) in [6, 6.07) is 17.2. The molecule has 1 N–H and O–H groups in total. The molecule has 0 aliphatic heterocycles. The highest BCUT2D eigenvalue weighted by Crippen LogP contribution is 2.36. The molecule has 0 fully saturated rings. The van der Waals surface area contributed by atoms with E-state index in [0.717, 1.165) is 17.7 Å². The first-order valence-corrected chi connectivity index (χ1v) is 10.7. The second-order valence-corrected chi connectivity index (χ2v) is 7.87. The van der Waals surface area contributed by atoms with Gasteiger partial charge in [-0.05, 0) is 35.4 Å². The van der Waals surface area contributed by atoms with Crippen LogP contribution in [0.15, 0.2) is 85.6 Å². The number of nitrogens with zero attached hydrogens (tertiary/aromatic N) is 1. The van der Waals surface area contributed by atoms with Crippen molar-refractivity contribution in [2.24, 2.45) is 0 Å². The summed E-state index contributed by atoms with van der Waals surface area (Å²) >= 11 is 6.01. The molecule has 1 amide bonds. The van der Waals surface area contributed by atoms with Crippen LogP contribution in [0.5, 0.6) is 5.75 Å². The Bertz CT molecular complexity index is 1150. The molecular weight excluding hydrogens is 488 g/mol. The number of nitrogens with one attached hydrogen (secondary N) is 1. The number of amides is 1. The zero-order chi connectivity index (χ0) is 25.5. The molecule has 0 saturated heterocycles.